The van der Waals surface area contributed by atoms with Crippen molar-refractivity contribution in [3.63, 3.8) is 0 Å². The number of aryl methyl sites for hydroxylation is 1. The Morgan fingerprint density at radius 1 is 1.42 bits per heavy atom. The van der Waals surface area contributed by atoms with E-state index in [0.29, 0.717) is 17.6 Å². The maximum Gasteiger partial charge on any atom is 0.186 e. The van der Waals surface area contributed by atoms with Crippen LogP contribution in [0.3, 0.4) is 0 Å². The van der Waals surface area contributed by atoms with E-state index in [9.17, 15) is 4.39 Å². The van der Waals surface area contributed by atoms with E-state index < -0.39 is 0 Å². The van der Waals surface area contributed by atoms with Crippen molar-refractivity contribution >= 4 is 5.82 Å². The number of halogens is 1. The van der Waals surface area contributed by atoms with Gasteiger partial charge in [-0.25, -0.2) is 14.4 Å². The van der Waals surface area contributed by atoms with Crippen molar-refractivity contribution in [3.05, 3.63) is 17.8 Å². The van der Waals surface area contributed by atoms with Gasteiger partial charge in [0.2, 0.25) is 0 Å². The van der Waals surface area contributed by atoms with Crippen molar-refractivity contribution < 1.29 is 4.39 Å². The van der Waals surface area contributed by atoms with Crippen LogP contribution in [0.1, 0.15) is 38.3 Å². The number of hydrogen-bond acceptors (Lipinski definition) is 4. The fourth-order valence-corrected chi connectivity index (χ4v) is 2.57. The van der Waals surface area contributed by atoms with E-state index in [2.05, 4.69) is 22.2 Å². The number of aromatic nitrogens is 2. The van der Waals surface area contributed by atoms with Crippen molar-refractivity contribution in [2.45, 2.75) is 45.6 Å². The molecule has 0 aromatic carbocycles. The van der Waals surface area contributed by atoms with Crippen molar-refractivity contribution in [1.29, 1.82) is 0 Å². The average Bonchev–Trinajstić information content (AvgIpc) is 2.43. The summed E-state index contributed by atoms with van der Waals surface area (Å²) in [4.78, 5) is 10.1. The number of anilines is 1. The van der Waals surface area contributed by atoms with Gasteiger partial charge in [-0.05, 0) is 32.7 Å². The van der Waals surface area contributed by atoms with Crippen LogP contribution in [0, 0.1) is 12.7 Å². The average molecular weight is 266 g/mol. The lowest BCUT2D eigenvalue weighted by atomic mass is 10.0. The third-order valence-electron chi connectivity index (χ3n) is 3.59. The van der Waals surface area contributed by atoms with Crippen LogP contribution in [-0.2, 0) is 0 Å². The summed E-state index contributed by atoms with van der Waals surface area (Å²) in [5.41, 5.74) is 0.419. The number of hydrogen-bond donors (Lipinski definition) is 1. The topological polar surface area (TPSA) is 41.0 Å². The molecule has 4 nitrogen and oxygen atoms in total. The Bertz CT molecular complexity index is 404. The summed E-state index contributed by atoms with van der Waals surface area (Å²) in [6.07, 6.45) is 6.08. The zero-order valence-corrected chi connectivity index (χ0v) is 11.8. The molecule has 1 atom stereocenters. The Kier molecular flexibility index (Phi) is 5.07. The predicted octanol–water partition coefficient (Wildman–Crippen LogP) is 2.28. The minimum absolute atomic E-state index is 0.285. The second kappa shape index (κ2) is 6.80. The summed E-state index contributed by atoms with van der Waals surface area (Å²) in [6.45, 7) is 6.50. The van der Waals surface area contributed by atoms with Gasteiger partial charge in [-0.15, -0.1) is 0 Å². The Hall–Kier alpha value is -1.23. The van der Waals surface area contributed by atoms with Crippen LogP contribution in [0.5, 0.6) is 0 Å². The fourth-order valence-electron chi connectivity index (χ4n) is 2.57. The van der Waals surface area contributed by atoms with E-state index in [-0.39, 0.29) is 5.82 Å². The third-order valence-corrected chi connectivity index (χ3v) is 3.59. The van der Waals surface area contributed by atoms with Gasteiger partial charge in [-0.2, -0.15) is 0 Å². The zero-order chi connectivity index (χ0) is 13.7. The molecule has 2 heterocycles. The first-order chi connectivity index (χ1) is 9.22. The van der Waals surface area contributed by atoms with Crippen molar-refractivity contribution in [2.24, 2.45) is 0 Å². The largest absolute Gasteiger partial charge is 0.353 e. The monoisotopic (exact) mass is 266 g/mol. The second-order valence-electron chi connectivity index (χ2n) is 5.19. The lowest BCUT2D eigenvalue weighted by molar-refractivity contribution is 0.397. The fraction of sp³-hybridized carbons (Fsp3) is 0.714. The molecule has 1 aromatic heterocycles. The molecular weight excluding hydrogens is 243 g/mol. The van der Waals surface area contributed by atoms with Crippen molar-refractivity contribution in [2.75, 3.05) is 24.5 Å². The number of piperidine rings is 1. The molecule has 1 aliphatic rings. The van der Waals surface area contributed by atoms with Crippen LogP contribution in [0.4, 0.5) is 10.2 Å². The molecule has 1 fully saturated rings. The SMILES string of the molecule is CCCN(CC1CCCCN1)c1ncnc(C)c1F. The minimum Gasteiger partial charge on any atom is -0.353 e. The number of nitrogens with one attached hydrogen (secondary N) is 1. The molecule has 1 aromatic rings. The number of nitrogens with zero attached hydrogens (tertiary/aromatic N) is 3. The zero-order valence-electron chi connectivity index (χ0n) is 11.8. The molecule has 19 heavy (non-hydrogen) atoms. The Balaban J connectivity index is 2.11. The molecule has 1 saturated heterocycles. The normalized spacial score (nSPS) is 19.4. The van der Waals surface area contributed by atoms with Crippen LogP contribution < -0.4 is 10.2 Å². The van der Waals surface area contributed by atoms with Gasteiger partial charge in [0.25, 0.3) is 0 Å². The highest BCUT2D eigenvalue weighted by molar-refractivity contribution is 5.40. The Labute approximate surface area is 114 Å². The van der Waals surface area contributed by atoms with Gasteiger partial charge in [0.1, 0.15) is 6.33 Å². The Morgan fingerprint density at radius 3 is 2.95 bits per heavy atom. The molecule has 0 saturated carbocycles. The third kappa shape index (κ3) is 3.62. The lowest BCUT2D eigenvalue weighted by Crippen LogP contribution is -2.44. The summed E-state index contributed by atoms with van der Waals surface area (Å²) in [6, 6.07) is 0.440. The maximum atomic E-state index is 14.1. The van der Waals surface area contributed by atoms with Crippen molar-refractivity contribution in [3.8, 4) is 0 Å². The van der Waals surface area contributed by atoms with Gasteiger partial charge in [-0.3, -0.25) is 0 Å². The highest BCUT2D eigenvalue weighted by Crippen LogP contribution is 2.19. The summed E-state index contributed by atoms with van der Waals surface area (Å²) >= 11 is 0. The quantitative estimate of drug-likeness (QED) is 0.887. The first-order valence-electron chi connectivity index (χ1n) is 7.17. The Morgan fingerprint density at radius 2 is 2.26 bits per heavy atom. The molecule has 2 rings (SSSR count). The van der Waals surface area contributed by atoms with Crippen LogP contribution in [-0.4, -0.2) is 35.6 Å². The molecule has 106 valence electrons. The lowest BCUT2D eigenvalue weighted by Gasteiger charge is -2.31. The summed E-state index contributed by atoms with van der Waals surface area (Å²) in [5.74, 6) is 0.161. The smallest absolute Gasteiger partial charge is 0.186 e. The van der Waals surface area contributed by atoms with E-state index in [1.807, 2.05) is 4.90 Å². The molecule has 0 radical (unpaired) electrons. The van der Waals surface area contributed by atoms with Gasteiger partial charge in [0.05, 0.1) is 5.69 Å². The van der Waals surface area contributed by atoms with E-state index in [4.69, 9.17) is 0 Å². The van der Waals surface area contributed by atoms with E-state index in [1.54, 1.807) is 6.92 Å². The van der Waals surface area contributed by atoms with Crippen LogP contribution >= 0.6 is 0 Å². The van der Waals surface area contributed by atoms with E-state index >= 15 is 0 Å². The molecule has 1 aliphatic heterocycles. The molecule has 1 N–H and O–H groups in total. The standard InChI is InChI=1S/C14H23FN4/c1-3-8-19(9-12-6-4-5-7-16-12)14-13(15)11(2)17-10-18-14/h10,12,16H,3-9H2,1-2H3. The van der Waals surface area contributed by atoms with Gasteiger partial charge >= 0.3 is 0 Å². The summed E-state index contributed by atoms with van der Waals surface area (Å²) in [5, 5.41) is 3.50. The molecule has 0 spiro atoms. The minimum atomic E-state index is -0.285. The highest BCUT2D eigenvalue weighted by Gasteiger charge is 2.20. The number of rotatable bonds is 5. The second-order valence-corrected chi connectivity index (χ2v) is 5.19. The van der Waals surface area contributed by atoms with Crippen LogP contribution in [0.25, 0.3) is 0 Å². The molecule has 1 unspecified atom stereocenters. The van der Waals surface area contributed by atoms with E-state index in [0.717, 1.165) is 32.5 Å². The maximum absolute atomic E-state index is 14.1. The van der Waals surface area contributed by atoms with Crippen molar-refractivity contribution in [1.82, 2.24) is 15.3 Å². The molecule has 0 amide bonds. The first-order valence-corrected chi connectivity index (χ1v) is 7.17. The predicted molar refractivity (Wildman–Crippen MR) is 74.9 cm³/mol. The first kappa shape index (κ1) is 14.2. The molecular formula is C14H23FN4. The highest BCUT2D eigenvalue weighted by atomic mass is 19.1. The van der Waals surface area contributed by atoms with Crippen LogP contribution in [0.15, 0.2) is 6.33 Å². The van der Waals surface area contributed by atoms with Gasteiger partial charge < -0.3 is 10.2 Å². The summed E-state index contributed by atoms with van der Waals surface area (Å²) < 4.78 is 14.1. The van der Waals surface area contributed by atoms with E-state index in [1.165, 1.54) is 19.2 Å². The summed E-state index contributed by atoms with van der Waals surface area (Å²) in [7, 11) is 0. The van der Waals surface area contributed by atoms with Crippen LogP contribution in [0.2, 0.25) is 0 Å². The van der Waals surface area contributed by atoms with Gasteiger partial charge in [-0.1, -0.05) is 13.3 Å². The van der Waals surface area contributed by atoms with Gasteiger partial charge in [0, 0.05) is 19.1 Å². The molecule has 0 bridgehead atoms. The molecule has 5 heteroatoms. The molecule has 0 aliphatic carbocycles. The van der Waals surface area contributed by atoms with Gasteiger partial charge in [0.15, 0.2) is 11.6 Å².